The lowest BCUT2D eigenvalue weighted by atomic mass is 9.95. The zero-order valence-electron chi connectivity index (χ0n) is 16.9. The summed E-state index contributed by atoms with van der Waals surface area (Å²) in [5, 5.41) is 16.0. The smallest absolute Gasteiger partial charge is 0.335 e. The highest BCUT2D eigenvalue weighted by atomic mass is 16.4. The molecule has 0 saturated heterocycles. The van der Waals surface area contributed by atoms with Crippen LogP contribution in [0, 0.1) is 6.92 Å². The summed E-state index contributed by atoms with van der Waals surface area (Å²) in [7, 11) is 1.68. The highest BCUT2D eigenvalue weighted by molar-refractivity contribution is 6.60. The molecule has 7 heteroatoms. The fourth-order valence-electron chi connectivity index (χ4n) is 3.17. The molecule has 30 heavy (non-hydrogen) atoms. The number of anilines is 1. The normalized spacial score (nSPS) is 17.4. The molecule has 0 radical (unpaired) electrons. The quantitative estimate of drug-likeness (QED) is 0.534. The Morgan fingerprint density at radius 3 is 2.67 bits per heavy atom. The zero-order valence-corrected chi connectivity index (χ0v) is 16.9. The number of carboxylic acid groups (broad SMARTS) is 1. The lowest BCUT2D eigenvalue weighted by Crippen LogP contribution is -2.36. The van der Waals surface area contributed by atoms with E-state index in [9.17, 15) is 9.90 Å². The number of aliphatic imine (C=N–C) groups is 3. The highest BCUT2D eigenvalue weighted by Gasteiger charge is 2.29. The van der Waals surface area contributed by atoms with Gasteiger partial charge in [-0.15, -0.1) is 0 Å². The molecular weight excluding hydrogens is 378 g/mol. The van der Waals surface area contributed by atoms with Gasteiger partial charge in [0.15, 0.2) is 5.84 Å². The van der Waals surface area contributed by atoms with E-state index < -0.39 is 5.97 Å². The van der Waals surface area contributed by atoms with E-state index in [1.54, 1.807) is 25.2 Å². The van der Waals surface area contributed by atoms with E-state index in [1.807, 2.05) is 31.2 Å². The fourth-order valence-corrected chi connectivity index (χ4v) is 3.17. The van der Waals surface area contributed by atoms with Crippen molar-refractivity contribution in [3.8, 4) is 0 Å². The second kappa shape index (κ2) is 7.94. The molecule has 2 aliphatic rings. The Balaban J connectivity index is 1.73. The summed E-state index contributed by atoms with van der Waals surface area (Å²) in [6.07, 6.45) is 2.13. The van der Waals surface area contributed by atoms with Crippen LogP contribution in [0.25, 0.3) is 5.57 Å². The molecule has 1 aliphatic carbocycles. The van der Waals surface area contributed by atoms with Crippen LogP contribution >= 0.6 is 0 Å². The third-order valence-electron chi connectivity index (χ3n) is 5.05. The molecule has 3 N–H and O–H groups in total. The van der Waals surface area contributed by atoms with Crippen molar-refractivity contribution in [2.45, 2.75) is 25.8 Å². The maximum absolute atomic E-state index is 11.4. The Morgan fingerprint density at radius 2 is 2.00 bits per heavy atom. The topological polar surface area (TPSA) is 98.4 Å². The first-order chi connectivity index (χ1) is 14.5. The van der Waals surface area contributed by atoms with Crippen molar-refractivity contribution in [3.05, 3.63) is 65.7 Å². The van der Waals surface area contributed by atoms with E-state index in [2.05, 4.69) is 27.2 Å². The molecule has 0 bridgehead atoms. The highest BCUT2D eigenvalue weighted by Crippen LogP contribution is 2.33. The van der Waals surface area contributed by atoms with Gasteiger partial charge in [-0.3, -0.25) is 4.99 Å². The number of rotatable bonds is 3. The Kier molecular flexibility index (Phi) is 5.18. The van der Waals surface area contributed by atoms with Crippen LogP contribution < -0.4 is 10.6 Å². The minimum Gasteiger partial charge on any atom is -0.478 e. The molecule has 152 valence electrons. The summed E-state index contributed by atoms with van der Waals surface area (Å²) in [5.74, 6) is 0.0410. The maximum Gasteiger partial charge on any atom is 0.335 e. The molecule has 1 saturated carbocycles. The molecule has 0 atom stereocenters. The van der Waals surface area contributed by atoms with Gasteiger partial charge in [0, 0.05) is 29.9 Å². The molecule has 0 unspecified atom stereocenters. The second-order valence-corrected chi connectivity index (χ2v) is 7.34. The van der Waals surface area contributed by atoms with Crippen LogP contribution in [0.2, 0.25) is 0 Å². The van der Waals surface area contributed by atoms with Crippen LogP contribution in [-0.4, -0.2) is 41.7 Å². The van der Waals surface area contributed by atoms with Crippen molar-refractivity contribution in [3.63, 3.8) is 0 Å². The number of aromatic carboxylic acids is 1. The number of amidine groups is 1. The first-order valence-electron chi connectivity index (χ1n) is 9.77. The Bertz CT molecular complexity index is 1130. The number of nitrogens with zero attached hydrogens (tertiary/aromatic N) is 3. The number of para-hydroxylation sites is 1. The van der Waals surface area contributed by atoms with E-state index in [0.29, 0.717) is 34.8 Å². The molecule has 1 aliphatic heterocycles. The molecule has 4 rings (SSSR count). The molecule has 0 amide bonds. The van der Waals surface area contributed by atoms with Crippen molar-refractivity contribution in [1.29, 1.82) is 0 Å². The Hall–Kier alpha value is -3.74. The summed E-state index contributed by atoms with van der Waals surface area (Å²) < 4.78 is 0. The monoisotopic (exact) mass is 401 g/mol. The van der Waals surface area contributed by atoms with Crippen LogP contribution in [0.1, 0.15) is 34.3 Å². The number of benzene rings is 2. The largest absolute Gasteiger partial charge is 0.478 e. The van der Waals surface area contributed by atoms with Crippen LogP contribution in [-0.2, 0) is 0 Å². The van der Waals surface area contributed by atoms with Crippen molar-refractivity contribution >= 4 is 40.4 Å². The molecule has 1 fully saturated rings. The molecule has 1 heterocycles. The summed E-state index contributed by atoms with van der Waals surface area (Å²) in [5.41, 5.74) is 4.79. The lowest BCUT2D eigenvalue weighted by molar-refractivity contribution is 0.0697. The number of hydrogen-bond donors (Lipinski definition) is 3. The van der Waals surface area contributed by atoms with E-state index in [-0.39, 0.29) is 5.56 Å². The average molecular weight is 401 g/mol. The third kappa shape index (κ3) is 4.00. The lowest BCUT2D eigenvalue weighted by Gasteiger charge is -2.22. The van der Waals surface area contributed by atoms with Gasteiger partial charge in [-0.25, -0.2) is 14.8 Å². The van der Waals surface area contributed by atoms with Crippen LogP contribution in [0.4, 0.5) is 11.4 Å². The molecule has 0 spiro atoms. The first kappa shape index (κ1) is 19.6. The number of nitrogens with one attached hydrogen (secondary N) is 2. The maximum atomic E-state index is 11.4. The van der Waals surface area contributed by atoms with E-state index in [1.165, 1.54) is 0 Å². The molecule has 0 aromatic heterocycles. The number of hydrogen-bond acceptors (Lipinski definition) is 4. The number of guanidine groups is 1. The van der Waals surface area contributed by atoms with E-state index in [4.69, 9.17) is 4.99 Å². The fraction of sp³-hybridized carbons (Fsp3) is 0.217. The van der Waals surface area contributed by atoms with Gasteiger partial charge in [0.2, 0.25) is 5.96 Å². The minimum atomic E-state index is -0.988. The van der Waals surface area contributed by atoms with Gasteiger partial charge in [0.25, 0.3) is 0 Å². The van der Waals surface area contributed by atoms with E-state index >= 15 is 0 Å². The van der Waals surface area contributed by atoms with Gasteiger partial charge in [-0.2, -0.15) is 0 Å². The predicted octanol–water partition coefficient (Wildman–Crippen LogP) is 4.04. The van der Waals surface area contributed by atoms with Crippen LogP contribution in [0.5, 0.6) is 0 Å². The van der Waals surface area contributed by atoms with Crippen molar-refractivity contribution in [2.75, 3.05) is 12.4 Å². The van der Waals surface area contributed by atoms with Crippen molar-refractivity contribution < 1.29 is 9.90 Å². The molecular formula is C23H23N5O2. The van der Waals surface area contributed by atoms with Crippen LogP contribution in [0.15, 0.2) is 64.0 Å². The summed E-state index contributed by atoms with van der Waals surface area (Å²) in [6.45, 7) is 6.23. The minimum absolute atomic E-state index is 0.188. The van der Waals surface area contributed by atoms with Crippen LogP contribution in [0.3, 0.4) is 0 Å². The summed E-state index contributed by atoms with van der Waals surface area (Å²) in [6, 6.07) is 13.1. The number of carbonyl (C=O) groups is 1. The average Bonchev–Trinajstić information content (AvgIpc) is 3.55. The van der Waals surface area contributed by atoms with Crippen molar-refractivity contribution in [2.24, 2.45) is 15.0 Å². The number of aryl methyl sites for hydroxylation is 1. The van der Waals surface area contributed by atoms with Gasteiger partial charge in [0.05, 0.1) is 11.3 Å². The molecule has 2 aromatic rings. The van der Waals surface area contributed by atoms with Crippen molar-refractivity contribution in [1.82, 2.24) is 5.32 Å². The summed E-state index contributed by atoms with van der Waals surface area (Å²) in [4.78, 5) is 25.1. The SMILES string of the molecule is C=C1/C(=N\C(=N/C)Nc2ccccc2C)C(NC2CC2)=Nc2cc(C(=O)O)ccc21. The molecule has 2 aromatic carbocycles. The third-order valence-corrected chi connectivity index (χ3v) is 5.05. The van der Waals surface area contributed by atoms with E-state index in [0.717, 1.165) is 29.7 Å². The standard InChI is InChI=1S/C23H23N5O2/c1-13-6-4-5-7-18(13)27-23(24-3)28-20-14(2)17-11-8-15(22(29)30)12-19(17)26-21(20)25-16-9-10-16/h4-8,11-12,16H,2,9-10H2,1,3H3,(H,24,27)(H,25,26)(H,29,30)/b28-20+. The second-order valence-electron chi connectivity index (χ2n) is 7.34. The summed E-state index contributed by atoms with van der Waals surface area (Å²) >= 11 is 0. The Morgan fingerprint density at radius 1 is 1.23 bits per heavy atom. The number of carboxylic acids is 1. The zero-order chi connectivity index (χ0) is 21.3. The van der Waals surface area contributed by atoms with Gasteiger partial charge < -0.3 is 15.7 Å². The van der Waals surface area contributed by atoms with Gasteiger partial charge in [0.1, 0.15) is 5.71 Å². The Labute approximate surface area is 175 Å². The van der Waals surface area contributed by atoms with Gasteiger partial charge >= 0.3 is 5.97 Å². The van der Waals surface area contributed by atoms with Gasteiger partial charge in [-0.05, 0) is 43.5 Å². The van der Waals surface area contributed by atoms with Gasteiger partial charge in [-0.1, -0.05) is 30.8 Å². The number of fused-ring (bicyclic) bond motifs is 1. The predicted molar refractivity (Wildman–Crippen MR) is 121 cm³/mol. The first-order valence-corrected chi connectivity index (χ1v) is 9.77. The molecule has 7 nitrogen and oxygen atoms in total.